The summed E-state index contributed by atoms with van der Waals surface area (Å²) in [5, 5.41) is 21.2. The van der Waals surface area contributed by atoms with Crippen LogP contribution in [0.4, 0.5) is 51.2 Å². The monoisotopic (exact) mass is 1840 g/mol. The molecule has 6 nitrogen and oxygen atoms in total. The molecule has 0 spiro atoms. The van der Waals surface area contributed by atoms with Gasteiger partial charge in [-0.25, -0.2) is 0 Å². The Kier molecular flexibility index (Phi) is 21.9. The Labute approximate surface area is 833 Å². The number of nitrogens with zero attached hydrogens (tertiary/aromatic N) is 3. The summed E-state index contributed by atoms with van der Waals surface area (Å²) < 4.78 is 21.3. The van der Waals surface area contributed by atoms with Crippen molar-refractivity contribution >= 4 is 182 Å². The molecule has 3 aromatic heterocycles. The minimum atomic E-state index is 0.857. The summed E-state index contributed by atoms with van der Waals surface area (Å²) in [7, 11) is 0. The molecule has 0 radical (unpaired) electrons. The van der Waals surface area contributed by atoms with Crippen LogP contribution in [0.5, 0.6) is 0 Å². The Balaban J connectivity index is 0.000000110. The molecule has 6 heteroatoms. The molecule has 0 atom stereocenters. The first-order chi connectivity index (χ1) is 71.4. The van der Waals surface area contributed by atoms with Gasteiger partial charge in [0.15, 0.2) is 16.7 Å². The van der Waals surface area contributed by atoms with Crippen LogP contribution in [-0.2, 0) is 0 Å². The van der Waals surface area contributed by atoms with Crippen LogP contribution in [0.2, 0.25) is 0 Å². The zero-order valence-corrected chi connectivity index (χ0v) is 78.6. The van der Waals surface area contributed by atoms with Gasteiger partial charge >= 0.3 is 0 Å². The molecule has 0 N–H and O–H groups in total. The molecular formula is C138H91N3O3. The van der Waals surface area contributed by atoms with Crippen molar-refractivity contribution in [2.24, 2.45) is 0 Å². The Bertz CT molecular complexity index is 9570. The van der Waals surface area contributed by atoms with Crippen LogP contribution < -0.4 is 14.7 Å². The molecule has 0 saturated carbocycles. The van der Waals surface area contributed by atoms with Gasteiger partial charge in [0.25, 0.3) is 0 Å². The third-order valence-corrected chi connectivity index (χ3v) is 28.3. The summed E-state index contributed by atoms with van der Waals surface area (Å²) in [5.41, 5.74) is 30.9. The summed E-state index contributed by atoms with van der Waals surface area (Å²) in [5.74, 6) is 0. The first kappa shape index (κ1) is 85.3. The van der Waals surface area contributed by atoms with E-state index in [1.165, 1.54) is 115 Å². The van der Waals surface area contributed by atoms with Crippen molar-refractivity contribution in [3.05, 3.63) is 552 Å². The van der Waals surface area contributed by atoms with E-state index >= 15 is 0 Å². The Morgan fingerprint density at radius 1 is 0.118 bits per heavy atom. The molecule has 0 fully saturated rings. The number of anilines is 9. The maximum atomic E-state index is 7.16. The zero-order valence-electron chi connectivity index (χ0n) is 78.6. The zero-order chi connectivity index (χ0) is 95.3. The molecule has 0 aliphatic rings. The van der Waals surface area contributed by atoms with Crippen LogP contribution in [0, 0.1) is 0 Å². The summed E-state index contributed by atoms with van der Waals surface area (Å²) in [4.78, 5) is 6.93. The lowest BCUT2D eigenvalue weighted by Gasteiger charge is -2.26. The third kappa shape index (κ3) is 15.7. The SMILES string of the molecule is c1ccc(-c2ccc(N(c3ccc(-c4ccccc4)cc3)c3cccc4c3oc3c(-c5ccc6ccccc6c5)cc5ccccc5c34)cc2)cc1.c1ccc(-c2ccc(N(c3ccccc3)c3cccc4c3oc3c(-c5ccc6ccccc6c5)cc5ccccc5c34)cc2)cc1.c1ccc(-c2ccc(N(c3ccccc3)c3cccc4c3oc3c(-c5cccc6ccccc56)cc5ccccc5c34)cc2)cc1. The van der Waals surface area contributed by atoms with Crippen molar-refractivity contribution in [2.45, 2.75) is 0 Å². The van der Waals surface area contributed by atoms with Crippen LogP contribution in [0.25, 0.3) is 208 Å². The van der Waals surface area contributed by atoms with Gasteiger partial charge in [-0.15, -0.1) is 0 Å². The number of para-hydroxylation sites is 5. The third-order valence-electron chi connectivity index (χ3n) is 28.3. The number of furan rings is 3. The summed E-state index contributed by atoms with van der Waals surface area (Å²) in [6.45, 7) is 0. The normalized spacial score (nSPS) is 11.5. The maximum absolute atomic E-state index is 7.16. The molecule has 144 heavy (non-hydrogen) atoms. The first-order valence-electron chi connectivity index (χ1n) is 49.1. The molecule has 0 amide bonds. The van der Waals surface area contributed by atoms with Crippen molar-refractivity contribution in [3.8, 4) is 77.9 Å². The fourth-order valence-electron chi connectivity index (χ4n) is 21.4. The van der Waals surface area contributed by atoms with Crippen LogP contribution in [-0.4, -0.2) is 0 Å². The fourth-order valence-corrected chi connectivity index (χ4v) is 21.4. The van der Waals surface area contributed by atoms with E-state index in [-0.39, 0.29) is 0 Å². The minimum absolute atomic E-state index is 0.857. The van der Waals surface area contributed by atoms with Gasteiger partial charge < -0.3 is 28.0 Å². The average molecular weight is 1840 g/mol. The summed E-state index contributed by atoms with van der Waals surface area (Å²) >= 11 is 0. The van der Waals surface area contributed by atoms with Crippen LogP contribution in [0.15, 0.2) is 565 Å². The van der Waals surface area contributed by atoms with E-state index in [1.54, 1.807) is 0 Å². The maximum Gasteiger partial charge on any atom is 0.159 e. The molecule has 0 saturated heterocycles. The van der Waals surface area contributed by atoms with Crippen molar-refractivity contribution in [3.63, 3.8) is 0 Å². The second kappa shape index (κ2) is 37.0. The highest BCUT2D eigenvalue weighted by Crippen LogP contribution is 2.53. The van der Waals surface area contributed by atoms with Crippen LogP contribution in [0.1, 0.15) is 0 Å². The van der Waals surface area contributed by atoms with Gasteiger partial charge in [0.05, 0.1) is 17.1 Å². The number of rotatable bonds is 16. The fraction of sp³-hybridized carbons (Fsp3) is 0. The number of fused-ring (bicyclic) bond motifs is 18. The van der Waals surface area contributed by atoms with E-state index in [2.05, 4.69) is 567 Å². The number of hydrogen-bond acceptors (Lipinski definition) is 6. The van der Waals surface area contributed by atoms with E-state index in [1.807, 2.05) is 0 Å². The Morgan fingerprint density at radius 2 is 0.347 bits per heavy atom. The van der Waals surface area contributed by atoms with E-state index in [0.717, 1.165) is 145 Å². The molecule has 0 unspecified atom stereocenters. The number of hydrogen-bond donors (Lipinski definition) is 0. The lowest BCUT2D eigenvalue weighted by Crippen LogP contribution is -2.10. The molecule has 28 rings (SSSR count). The molecule has 0 aliphatic carbocycles. The molecule has 3 heterocycles. The van der Waals surface area contributed by atoms with Crippen molar-refractivity contribution < 1.29 is 13.3 Å². The van der Waals surface area contributed by atoms with E-state index in [9.17, 15) is 0 Å². The molecule has 676 valence electrons. The van der Waals surface area contributed by atoms with Gasteiger partial charge in [0, 0.05) is 83.1 Å². The summed E-state index contributed by atoms with van der Waals surface area (Å²) in [6, 6.07) is 196. The highest BCUT2D eigenvalue weighted by Gasteiger charge is 2.29. The van der Waals surface area contributed by atoms with Gasteiger partial charge in [-0.3, -0.25) is 0 Å². The van der Waals surface area contributed by atoms with Gasteiger partial charge in [0.1, 0.15) is 16.7 Å². The Morgan fingerprint density at radius 3 is 0.681 bits per heavy atom. The van der Waals surface area contributed by atoms with E-state index in [4.69, 9.17) is 13.3 Å². The summed E-state index contributed by atoms with van der Waals surface area (Å²) in [6.07, 6.45) is 0. The highest BCUT2D eigenvalue weighted by molar-refractivity contribution is 6.28. The average Bonchev–Trinajstić information content (AvgIpc) is 1.57. The quantitative estimate of drug-likeness (QED) is 0.0961. The van der Waals surface area contributed by atoms with Crippen LogP contribution in [0.3, 0.4) is 0 Å². The Hall–Kier alpha value is -19.1. The van der Waals surface area contributed by atoms with E-state index < -0.39 is 0 Å². The second-order valence-corrected chi connectivity index (χ2v) is 36.8. The van der Waals surface area contributed by atoms with E-state index in [0.29, 0.717) is 0 Å². The smallest absolute Gasteiger partial charge is 0.159 e. The van der Waals surface area contributed by atoms with Crippen molar-refractivity contribution in [1.82, 2.24) is 0 Å². The van der Waals surface area contributed by atoms with Crippen molar-refractivity contribution in [2.75, 3.05) is 14.7 Å². The molecule has 0 aliphatic heterocycles. The lowest BCUT2D eigenvalue weighted by atomic mass is 9.93. The highest BCUT2D eigenvalue weighted by atomic mass is 16.3. The minimum Gasteiger partial charge on any atom is -0.453 e. The van der Waals surface area contributed by atoms with Gasteiger partial charge in [0.2, 0.25) is 0 Å². The topological polar surface area (TPSA) is 49.1 Å². The van der Waals surface area contributed by atoms with Crippen molar-refractivity contribution in [1.29, 1.82) is 0 Å². The van der Waals surface area contributed by atoms with Crippen LogP contribution >= 0.6 is 0 Å². The lowest BCUT2D eigenvalue weighted by molar-refractivity contribution is 0.670. The predicted molar refractivity (Wildman–Crippen MR) is 608 cm³/mol. The standard InChI is InChI=1S/C50H33NO.2C44H29NO/c1-3-12-34(13-4-1)37-24-28-42(29-25-37)51(43-30-26-38(27-31-43)35-14-5-2-6-15-35)47-21-11-20-45-48-44-19-10-9-18-40(44)33-46(50(48)52-49(45)47)41-23-22-36-16-7-8-17-39(36)32-41;1-3-13-30(14-4-1)31-25-27-35(28-26-31)45(34-18-5-2-6-19-34)41-24-12-23-39-42-37-21-10-8-16-33(37)29-40(44(42)46-43(39)41)38-22-11-17-32-15-7-9-20-36(32)38;1-3-12-30(13-4-1)32-24-26-37(27-25-32)45(36-17-5-2-6-18-36)41-21-11-20-39-42-38-19-10-9-16-34(38)29-40(44(42)46-43(39)41)35-23-22-31-14-7-8-15-33(31)28-35/h1-33H;2*1-29H. The number of benzene rings is 25. The molecule has 0 bridgehead atoms. The largest absolute Gasteiger partial charge is 0.453 e. The van der Waals surface area contributed by atoms with Gasteiger partial charge in [-0.2, -0.15) is 0 Å². The molecule has 28 aromatic rings. The molecular weight excluding hydrogens is 1750 g/mol. The second-order valence-electron chi connectivity index (χ2n) is 36.8. The van der Waals surface area contributed by atoms with Gasteiger partial charge in [-0.05, 0) is 247 Å². The molecule has 25 aromatic carbocycles. The first-order valence-corrected chi connectivity index (χ1v) is 49.1. The predicted octanol–water partition coefficient (Wildman–Crippen LogP) is 39.8. The van der Waals surface area contributed by atoms with Gasteiger partial charge in [-0.1, -0.05) is 431 Å².